The Morgan fingerprint density at radius 2 is 2.10 bits per heavy atom. The van der Waals surface area contributed by atoms with Gasteiger partial charge in [-0.25, -0.2) is 0 Å². The topological polar surface area (TPSA) is 30.0 Å². The molecule has 108 valence electrons. The molecule has 2 nitrogen and oxygen atoms in total. The number of aromatic nitrogens is 1. The van der Waals surface area contributed by atoms with Gasteiger partial charge in [-0.05, 0) is 55.5 Å². The lowest BCUT2D eigenvalue weighted by atomic mass is 9.92. The van der Waals surface area contributed by atoms with Gasteiger partial charge in [-0.3, -0.25) is 9.19 Å². The van der Waals surface area contributed by atoms with Crippen LogP contribution in [0.25, 0.3) is 16.5 Å². The molecule has 0 amide bonds. The highest BCUT2D eigenvalue weighted by molar-refractivity contribution is 7.86. The van der Waals surface area contributed by atoms with Gasteiger partial charge in [0.15, 0.2) is 0 Å². The van der Waals surface area contributed by atoms with Crippen LogP contribution in [-0.4, -0.2) is 19.7 Å². The first-order chi connectivity index (χ1) is 10.2. The Kier molecular flexibility index (Phi) is 3.18. The molecule has 3 atom stereocenters. The van der Waals surface area contributed by atoms with Gasteiger partial charge in [-0.2, -0.15) is 0 Å². The highest BCUT2D eigenvalue weighted by atomic mass is 32.2. The lowest BCUT2D eigenvalue weighted by Crippen LogP contribution is -2.33. The number of nitrogens with zero attached hydrogens (tertiary/aromatic N) is 1. The predicted molar refractivity (Wildman–Crippen MR) is 88.6 cm³/mol. The second-order valence-corrected chi connectivity index (χ2v) is 8.11. The van der Waals surface area contributed by atoms with Gasteiger partial charge in [-0.15, -0.1) is 0 Å². The third-order valence-electron chi connectivity index (χ3n) is 4.68. The zero-order chi connectivity index (χ0) is 14.4. The number of hydrogen-bond acceptors (Lipinski definition) is 2. The summed E-state index contributed by atoms with van der Waals surface area (Å²) in [5.74, 6) is 0. The molecule has 2 aliphatic rings. The summed E-state index contributed by atoms with van der Waals surface area (Å²) in [4.78, 5) is 4.56. The minimum atomic E-state index is -0.649. The Balaban J connectivity index is 1.76. The molecule has 2 bridgehead atoms. The fraction of sp³-hybridized carbons (Fsp3) is 0.389. The molecule has 0 spiro atoms. The molecule has 1 aromatic heterocycles. The third-order valence-corrected chi connectivity index (χ3v) is 6.70. The summed E-state index contributed by atoms with van der Waals surface area (Å²) in [6.07, 6.45) is 6.67. The lowest BCUT2D eigenvalue weighted by Gasteiger charge is -2.32. The maximum atomic E-state index is 12.3. The third kappa shape index (κ3) is 2.34. The number of benzene rings is 1. The monoisotopic (exact) mass is 297 g/mol. The van der Waals surface area contributed by atoms with Gasteiger partial charge in [0.05, 0.1) is 10.8 Å². The van der Waals surface area contributed by atoms with Crippen molar-refractivity contribution in [3.63, 3.8) is 0 Å². The normalized spacial score (nSPS) is 28.4. The molecule has 3 unspecified atom stereocenters. The van der Waals surface area contributed by atoms with Gasteiger partial charge in [0.2, 0.25) is 0 Å². The Labute approximate surface area is 127 Å². The van der Waals surface area contributed by atoms with Crippen molar-refractivity contribution in [2.75, 3.05) is 0 Å². The molecule has 1 aromatic carbocycles. The number of fused-ring (bicyclic) bond motifs is 3. The van der Waals surface area contributed by atoms with Crippen molar-refractivity contribution in [1.29, 1.82) is 0 Å². The second kappa shape index (κ2) is 5.06. The fourth-order valence-electron chi connectivity index (χ4n) is 3.54. The van der Waals surface area contributed by atoms with Crippen molar-refractivity contribution in [2.24, 2.45) is 0 Å². The van der Waals surface area contributed by atoms with Gasteiger partial charge in [0.1, 0.15) is 0 Å². The SMILES string of the molecule is Cc1ccc2cc(C3=CC4CCCC(C3)S4=O)ccc2n1. The van der Waals surface area contributed by atoms with Crippen LogP contribution < -0.4 is 0 Å². The van der Waals surface area contributed by atoms with E-state index in [0.717, 1.165) is 30.5 Å². The second-order valence-electron chi connectivity index (χ2n) is 6.18. The van der Waals surface area contributed by atoms with E-state index in [9.17, 15) is 4.21 Å². The van der Waals surface area contributed by atoms with Gasteiger partial charge < -0.3 is 0 Å². The Morgan fingerprint density at radius 3 is 2.95 bits per heavy atom. The first-order valence-corrected chi connectivity index (χ1v) is 8.96. The van der Waals surface area contributed by atoms with Gasteiger partial charge >= 0.3 is 0 Å². The molecule has 4 rings (SSSR count). The van der Waals surface area contributed by atoms with Gasteiger partial charge in [0.25, 0.3) is 0 Å². The van der Waals surface area contributed by atoms with Crippen molar-refractivity contribution in [1.82, 2.24) is 4.98 Å². The van der Waals surface area contributed by atoms with E-state index in [1.807, 2.05) is 6.92 Å². The highest BCUT2D eigenvalue weighted by Crippen LogP contribution is 2.37. The average molecular weight is 297 g/mol. The molecule has 3 heterocycles. The van der Waals surface area contributed by atoms with E-state index in [4.69, 9.17) is 0 Å². The van der Waals surface area contributed by atoms with E-state index >= 15 is 0 Å². The largest absolute Gasteiger partial charge is 0.259 e. The highest BCUT2D eigenvalue weighted by Gasteiger charge is 2.33. The summed E-state index contributed by atoms with van der Waals surface area (Å²) in [7, 11) is -0.649. The number of hydrogen-bond donors (Lipinski definition) is 0. The van der Waals surface area contributed by atoms with Crippen LogP contribution in [0.5, 0.6) is 0 Å². The van der Waals surface area contributed by atoms with Crippen molar-refractivity contribution < 1.29 is 4.21 Å². The van der Waals surface area contributed by atoms with E-state index in [1.165, 1.54) is 22.9 Å². The van der Waals surface area contributed by atoms with E-state index in [0.29, 0.717) is 5.25 Å². The number of rotatable bonds is 1. The van der Waals surface area contributed by atoms with E-state index in [1.54, 1.807) is 0 Å². The van der Waals surface area contributed by atoms with Crippen molar-refractivity contribution in [3.05, 3.63) is 47.7 Å². The number of aryl methyl sites for hydroxylation is 1. The molecule has 2 aromatic rings. The summed E-state index contributed by atoms with van der Waals surface area (Å²) in [5, 5.41) is 1.84. The van der Waals surface area contributed by atoms with E-state index in [2.05, 4.69) is 41.4 Å². The molecule has 21 heavy (non-hydrogen) atoms. The van der Waals surface area contributed by atoms with E-state index in [-0.39, 0.29) is 5.25 Å². The molecule has 3 heteroatoms. The smallest absolute Gasteiger partial charge is 0.0705 e. The molecule has 0 radical (unpaired) electrons. The lowest BCUT2D eigenvalue weighted by molar-refractivity contribution is 0.579. The minimum Gasteiger partial charge on any atom is -0.259 e. The maximum absolute atomic E-state index is 12.3. The minimum absolute atomic E-state index is 0.277. The molecule has 0 aliphatic carbocycles. The van der Waals surface area contributed by atoms with Crippen molar-refractivity contribution >= 4 is 27.3 Å². The predicted octanol–water partition coefficient (Wildman–Crippen LogP) is 4.00. The summed E-state index contributed by atoms with van der Waals surface area (Å²) in [6, 6.07) is 10.7. The Morgan fingerprint density at radius 1 is 1.19 bits per heavy atom. The number of allylic oxidation sites excluding steroid dienone is 1. The molecule has 2 aliphatic heterocycles. The van der Waals surface area contributed by atoms with Crippen LogP contribution in [0.15, 0.2) is 36.4 Å². The fourth-order valence-corrected chi connectivity index (χ4v) is 5.47. The summed E-state index contributed by atoms with van der Waals surface area (Å²) in [6.45, 7) is 2.02. The van der Waals surface area contributed by atoms with Crippen LogP contribution in [0.4, 0.5) is 0 Å². The van der Waals surface area contributed by atoms with Gasteiger partial charge in [-0.1, -0.05) is 24.6 Å². The van der Waals surface area contributed by atoms with Crippen LogP contribution in [0.3, 0.4) is 0 Å². The quantitative estimate of drug-likeness (QED) is 0.796. The first kappa shape index (κ1) is 13.2. The summed E-state index contributed by atoms with van der Waals surface area (Å²) < 4.78 is 12.3. The summed E-state index contributed by atoms with van der Waals surface area (Å²) in [5.41, 5.74) is 4.77. The first-order valence-electron chi connectivity index (χ1n) is 7.68. The van der Waals surface area contributed by atoms with Crippen molar-refractivity contribution in [2.45, 2.75) is 43.1 Å². The zero-order valence-electron chi connectivity index (χ0n) is 12.2. The Hall–Kier alpha value is -1.48. The maximum Gasteiger partial charge on any atom is 0.0705 e. The van der Waals surface area contributed by atoms with Crippen LogP contribution in [0.2, 0.25) is 0 Å². The van der Waals surface area contributed by atoms with Crippen LogP contribution in [0.1, 0.15) is 36.9 Å². The zero-order valence-corrected chi connectivity index (χ0v) is 13.0. The van der Waals surface area contributed by atoms with Crippen LogP contribution in [0, 0.1) is 6.92 Å². The van der Waals surface area contributed by atoms with Crippen LogP contribution >= 0.6 is 0 Å². The molecule has 0 saturated carbocycles. The van der Waals surface area contributed by atoms with Crippen LogP contribution in [-0.2, 0) is 10.8 Å². The molecular formula is C18H19NOS. The molecular weight excluding hydrogens is 278 g/mol. The van der Waals surface area contributed by atoms with Gasteiger partial charge in [0, 0.05) is 27.1 Å². The standard InChI is InChI=1S/C18H19NOS/c1-12-5-6-14-9-13(7-8-18(14)19-12)15-10-16-3-2-4-17(11-15)21(16)20/h5-10,16-17H,2-4,11H2,1H3. The van der Waals surface area contributed by atoms with E-state index < -0.39 is 10.8 Å². The number of pyridine rings is 1. The Bertz CT molecular complexity index is 765. The molecule has 1 fully saturated rings. The van der Waals surface area contributed by atoms with Crippen molar-refractivity contribution in [3.8, 4) is 0 Å². The molecule has 0 N–H and O–H groups in total. The average Bonchev–Trinajstić information content (AvgIpc) is 2.46. The molecule has 1 saturated heterocycles. The summed E-state index contributed by atoms with van der Waals surface area (Å²) >= 11 is 0.